The Bertz CT molecular complexity index is 441. The molecule has 0 radical (unpaired) electrons. The number of hydrogen-bond acceptors (Lipinski definition) is 7. The molecule has 1 aromatic heterocycles. The third-order valence-corrected chi connectivity index (χ3v) is 2.69. The van der Waals surface area contributed by atoms with Crippen LogP contribution in [0.15, 0.2) is 12.4 Å². The van der Waals surface area contributed by atoms with Gasteiger partial charge in [0.2, 0.25) is 5.82 Å². The van der Waals surface area contributed by atoms with Crippen LogP contribution in [0.3, 0.4) is 0 Å². The highest BCUT2D eigenvalue weighted by Gasteiger charge is 2.24. The van der Waals surface area contributed by atoms with Crippen molar-refractivity contribution in [3.8, 4) is 0 Å². The molecule has 80 valence electrons. The fraction of sp³-hybridized carbons (Fsp3) is 0.167. The molecule has 8 nitrogen and oxygen atoms in total. The summed E-state index contributed by atoms with van der Waals surface area (Å²) < 4.78 is 2.69. The molecule has 2 rings (SSSR count). The minimum absolute atomic E-state index is 0.0537. The maximum Gasteiger partial charge on any atom is 0.342 e. The van der Waals surface area contributed by atoms with Gasteiger partial charge in [-0.1, -0.05) is 4.52 Å². The van der Waals surface area contributed by atoms with Crippen LogP contribution in [0.2, 0.25) is 0 Å². The normalized spacial score (nSPS) is 16.3. The van der Waals surface area contributed by atoms with E-state index in [9.17, 15) is 10.1 Å². The number of rotatable bonds is 2. The van der Waals surface area contributed by atoms with Crippen LogP contribution in [0.25, 0.3) is 4.91 Å². The highest BCUT2D eigenvalue weighted by molar-refractivity contribution is 8.06. The molecule has 0 atom stereocenters. The van der Waals surface area contributed by atoms with Gasteiger partial charge in [-0.05, 0) is 4.92 Å². The Kier molecular flexibility index (Phi) is 2.34. The Balaban J connectivity index is 2.34. The standard InChI is InChI=1S/C6H8N6O2S/c1-10-5(11(13)14)3-8-6(10)4-2-9-12(7)15-4/h2-3,9H,7H2,1H3. The number of nitrogens with two attached hydrogens (primary N) is 1. The average molecular weight is 228 g/mol. The molecule has 0 aliphatic carbocycles. The minimum Gasteiger partial charge on any atom is -0.358 e. The summed E-state index contributed by atoms with van der Waals surface area (Å²) in [4.78, 5) is 14.8. The third-order valence-electron chi connectivity index (χ3n) is 1.89. The van der Waals surface area contributed by atoms with E-state index in [4.69, 9.17) is 5.84 Å². The first-order valence-electron chi connectivity index (χ1n) is 3.95. The molecule has 2 heterocycles. The predicted molar refractivity (Wildman–Crippen MR) is 54.6 cm³/mol. The third kappa shape index (κ3) is 1.67. The van der Waals surface area contributed by atoms with E-state index in [1.807, 2.05) is 0 Å². The zero-order valence-corrected chi connectivity index (χ0v) is 8.56. The molecule has 0 amide bonds. The Hall–Kier alpha value is -1.58. The lowest BCUT2D eigenvalue weighted by Crippen LogP contribution is -2.30. The first-order chi connectivity index (χ1) is 7.09. The van der Waals surface area contributed by atoms with Crippen molar-refractivity contribution in [2.24, 2.45) is 12.9 Å². The summed E-state index contributed by atoms with van der Waals surface area (Å²) in [5.74, 6) is 5.89. The van der Waals surface area contributed by atoms with Crippen LogP contribution in [0.5, 0.6) is 0 Å². The van der Waals surface area contributed by atoms with Gasteiger partial charge < -0.3 is 15.5 Å². The lowest BCUT2D eigenvalue weighted by Gasteiger charge is -2.04. The van der Waals surface area contributed by atoms with Crippen molar-refractivity contribution >= 4 is 22.7 Å². The Morgan fingerprint density at radius 2 is 2.47 bits per heavy atom. The van der Waals surface area contributed by atoms with Crippen LogP contribution in [-0.4, -0.2) is 19.0 Å². The summed E-state index contributed by atoms with van der Waals surface area (Å²) in [6.45, 7) is 0. The van der Waals surface area contributed by atoms with E-state index in [-0.39, 0.29) is 5.82 Å². The van der Waals surface area contributed by atoms with Crippen molar-refractivity contribution in [1.82, 2.24) is 19.5 Å². The molecule has 0 saturated heterocycles. The summed E-state index contributed by atoms with van der Waals surface area (Å²) in [7, 11) is 1.58. The first kappa shape index (κ1) is 9.96. The van der Waals surface area contributed by atoms with E-state index < -0.39 is 4.92 Å². The lowest BCUT2D eigenvalue weighted by atomic mass is 10.5. The molecule has 0 unspecified atom stereocenters. The molecule has 9 heteroatoms. The zero-order chi connectivity index (χ0) is 11.0. The van der Waals surface area contributed by atoms with Gasteiger partial charge in [0.15, 0.2) is 0 Å². The fourth-order valence-electron chi connectivity index (χ4n) is 1.19. The number of hydrogen-bond donors (Lipinski definition) is 2. The second-order valence-corrected chi connectivity index (χ2v) is 3.83. The van der Waals surface area contributed by atoms with Gasteiger partial charge >= 0.3 is 5.82 Å². The van der Waals surface area contributed by atoms with Gasteiger partial charge in [-0.15, -0.1) is 0 Å². The summed E-state index contributed by atoms with van der Waals surface area (Å²) in [5.41, 5.74) is 2.72. The van der Waals surface area contributed by atoms with Gasteiger partial charge in [-0.3, -0.25) is 0 Å². The first-order valence-corrected chi connectivity index (χ1v) is 4.72. The van der Waals surface area contributed by atoms with E-state index in [0.29, 0.717) is 5.82 Å². The molecule has 0 aromatic carbocycles. The van der Waals surface area contributed by atoms with E-state index >= 15 is 0 Å². The molecule has 0 spiro atoms. The predicted octanol–water partition coefficient (Wildman–Crippen LogP) is -0.0312. The van der Waals surface area contributed by atoms with Gasteiger partial charge in [0.1, 0.15) is 11.1 Å². The van der Waals surface area contributed by atoms with Gasteiger partial charge in [-0.2, -0.15) is 0 Å². The van der Waals surface area contributed by atoms with Crippen LogP contribution in [0, 0.1) is 10.1 Å². The number of hydrazine groups is 2. The van der Waals surface area contributed by atoms with Gasteiger partial charge in [0.25, 0.3) is 0 Å². The summed E-state index contributed by atoms with van der Waals surface area (Å²) >= 11 is 1.21. The second-order valence-electron chi connectivity index (χ2n) is 2.81. The molecule has 0 bridgehead atoms. The number of nitro groups is 1. The van der Waals surface area contributed by atoms with Crippen molar-refractivity contribution in [1.29, 1.82) is 0 Å². The highest BCUT2D eigenvalue weighted by Crippen LogP contribution is 2.31. The number of nitrogens with zero attached hydrogens (tertiary/aromatic N) is 4. The van der Waals surface area contributed by atoms with Crippen molar-refractivity contribution in [2.45, 2.75) is 0 Å². The lowest BCUT2D eigenvalue weighted by molar-refractivity contribution is -0.391. The zero-order valence-electron chi connectivity index (χ0n) is 7.75. The number of imidazole rings is 1. The SMILES string of the molecule is Cn1c([N+](=O)[O-])cnc1C1=CNN(N)S1. The second kappa shape index (κ2) is 3.53. The van der Waals surface area contributed by atoms with E-state index in [0.717, 1.165) is 4.91 Å². The monoisotopic (exact) mass is 228 g/mol. The quantitative estimate of drug-likeness (QED) is 0.317. The summed E-state index contributed by atoms with van der Waals surface area (Å²) in [6, 6.07) is 0. The van der Waals surface area contributed by atoms with Crippen LogP contribution in [0.4, 0.5) is 5.82 Å². The molecular weight excluding hydrogens is 220 g/mol. The Morgan fingerprint density at radius 1 is 1.73 bits per heavy atom. The maximum absolute atomic E-state index is 10.6. The Labute approximate surface area is 89.0 Å². The maximum atomic E-state index is 10.6. The molecule has 15 heavy (non-hydrogen) atoms. The molecule has 1 aromatic rings. The van der Waals surface area contributed by atoms with Crippen molar-refractivity contribution in [3.63, 3.8) is 0 Å². The average Bonchev–Trinajstić information content (AvgIpc) is 2.71. The largest absolute Gasteiger partial charge is 0.358 e. The van der Waals surface area contributed by atoms with Crippen LogP contribution in [0.1, 0.15) is 5.82 Å². The minimum atomic E-state index is -0.482. The van der Waals surface area contributed by atoms with E-state index in [1.54, 1.807) is 13.2 Å². The molecular formula is C6H8N6O2S. The molecule has 3 N–H and O–H groups in total. The van der Waals surface area contributed by atoms with Gasteiger partial charge in [0, 0.05) is 18.1 Å². The topological polar surface area (TPSA) is 102 Å². The van der Waals surface area contributed by atoms with Gasteiger partial charge in [-0.25, -0.2) is 15.4 Å². The van der Waals surface area contributed by atoms with E-state index in [1.165, 1.54) is 27.2 Å². The van der Waals surface area contributed by atoms with Crippen molar-refractivity contribution in [3.05, 3.63) is 28.3 Å². The van der Waals surface area contributed by atoms with Crippen molar-refractivity contribution < 1.29 is 4.92 Å². The van der Waals surface area contributed by atoms with E-state index in [2.05, 4.69) is 10.4 Å². The van der Waals surface area contributed by atoms with Crippen LogP contribution >= 0.6 is 11.9 Å². The van der Waals surface area contributed by atoms with Crippen molar-refractivity contribution in [2.75, 3.05) is 0 Å². The van der Waals surface area contributed by atoms with Crippen LogP contribution in [-0.2, 0) is 7.05 Å². The van der Waals surface area contributed by atoms with Crippen LogP contribution < -0.4 is 11.3 Å². The van der Waals surface area contributed by atoms with Gasteiger partial charge in [0.05, 0.1) is 7.05 Å². The summed E-state index contributed by atoms with van der Waals surface area (Å²) in [5, 5.41) is 10.6. The fourth-order valence-corrected chi connectivity index (χ4v) is 1.88. The highest BCUT2D eigenvalue weighted by atomic mass is 32.2. The molecule has 0 fully saturated rings. The summed E-state index contributed by atoms with van der Waals surface area (Å²) in [6.07, 6.45) is 2.85. The molecule has 1 aliphatic rings. The smallest absolute Gasteiger partial charge is 0.342 e. The molecule has 0 saturated carbocycles. The number of nitrogens with one attached hydrogen (secondary N) is 1. The molecule has 1 aliphatic heterocycles. The Morgan fingerprint density at radius 3 is 2.93 bits per heavy atom. The number of aromatic nitrogens is 2.